The van der Waals surface area contributed by atoms with Gasteiger partial charge in [-0.05, 0) is 66.3 Å². The minimum absolute atomic E-state index is 0.0494. The van der Waals surface area contributed by atoms with Crippen LogP contribution < -0.4 is 4.90 Å². The van der Waals surface area contributed by atoms with Crippen LogP contribution in [0.5, 0.6) is 0 Å². The van der Waals surface area contributed by atoms with Crippen LogP contribution in [0.4, 0.5) is 5.69 Å². The number of hydrogen-bond donors (Lipinski definition) is 0. The van der Waals surface area contributed by atoms with Crippen molar-refractivity contribution in [3.8, 4) is 0 Å². The lowest BCUT2D eigenvalue weighted by atomic mass is 9.94. The monoisotopic (exact) mass is 424 g/mol. The number of amides is 2. The van der Waals surface area contributed by atoms with Gasteiger partial charge in [0.1, 0.15) is 0 Å². The highest BCUT2D eigenvalue weighted by atomic mass is 79.9. The van der Waals surface area contributed by atoms with E-state index in [4.69, 9.17) is 0 Å². The zero-order chi connectivity index (χ0) is 19.0. The molecule has 2 aromatic rings. The summed E-state index contributed by atoms with van der Waals surface area (Å²) in [7, 11) is 0. The predicted octanol–water partition coefficient (Wildman–Crippen LogP) is 4.11. The highest BCUT2D eigenvalue weighted by Crippen LogP contribution is 2.32. The molecule has 2 aromatic carbocycles. The summed E-state index contributed by atoms with van der Waals surface area (Å²) in [6.07, 6.45) is 3.86. The van der Waals surface area contributed by atoms with Crippen molar-refractivity contribution in [3.05, 3.63) is 75.8 Å². The van der Waals surface area contributed by atoms with Crippen LogP contribution >= 0.6 is 15.9 Å². The van der Waals surface area contributed by atoms with Crippen LogP contribution in [0.25, 0.3) is 0 Å². The van der Waals surface area contributed by atoms with Crippen molar-refractivity contribution >= 4 is 33.4 Å². The molecule has 2 aliphatic heterocycles. The number of benzene rings is 2. The maximum absolute atomic E-state index is 13.3. The molecule has 0 N–H and O–H groups in total. The van der Waals surface area contributed by atoms with Crippen molar-refractivity contribution in [3.63, 3.8) is 0 Å². The van der Waals surface area contributed by atoms with E-state index in [1.165, 1.54) is 17.2 Å². The summed E-state index contributed by atoms with van der Waals surface area (Å²) in [6.45, 7) is 5.60. The van der Waals surface area contributed by atoms with Crippen LogP contribution in [0.3, 0.4) is 0 Å². The van der Waals surface area contributed by atoms with Crippen LogP contribution in [0.2, 0.25) is 0 Å². The van der Waals surface area contributed by atoms with Gasteiger partial charge in [0.05, 0.1) is 0 Å². The molecule has 2 heterocycles. The van der Waals surface area contributed by atoms with E-state index in [2.05, 4.69) is 34.6 Å². The molecular weight excluding hydrogens is 404 g/mol. The van der Waals surface area contributed by atoms with Crippen LogP contribution in [-0.2, 0) is 24.2 Å². The summed E-state index contributed by atoms with van der Waals surface area (Å²) in [5, 5.41) is 0. The van der Waals surface area contributed by atoms with E-state index in [-0.39, 0.29) is 11.8 Å². The van der Waals surface area contributed by atoms with E-state index in [9.17, 15) is 9.59 Å². The number of rotatable bonds is 2. The number of carbonyl (C=O) groups excluding carboxylic acids is 2. The molecule has 138 valence electrons. The lowest BCUT2D eigenvalue weighted by molar-refractivity contribution is -0.114. The molecule has 27 heavy (non-hydrogen) atoms. The summed E-state index contributed by atoms with van der Waals surface area (Å²) in [4.78, 5) is 29.1. The number of hydrogen-bond acceptors (Lipinski definition) is 2. The van der Waals surface area contributed by atoms with Gasteiger partial charge < -0.3 is 9.80 Å². The molecule has 0 aromatic heterocycles. The lowest BCUT2D eigenvalue weighted by Crippen LogP contribution is -2.38. The number of carbonyl (C=O) groups is 2. The average molecular weight is 425 g/mol. The molecule has 0 unspecified atom stereocenters. The van der Waals surface area contributed by atoms with Crippen molar-refractivity contribution in [2.24, 2.45) is 0 Å². The summed E-state index contributed by atoms with van der Waals surface area (Å²) in [6, 6.07) is 11.9. The first kappa shape index (κ1) is 18.0. The van der Waals surface area contributed by atoms with Crippen LogP contribution in [0.15, 0.2) is 53.5 Å². The first-order valence-corrected chi connectivity index (χ1v) is 10.00. The van der Waals surface area contributed by atoms with Crippen molar-refractivity contribution in [1.29, 1.82) is 0 Å². The van der Waals surface area contributed by atoms with E-state index < -0.39 is 0 Å². The molecule has 0 saturated carbocycles. The SMILES string of the molecule is C=CC(=O)N1CCCc2c(C(=O)N3CCc4cc(Br)ccc4C3)cccc21. The fraction of sp³-hybridized carbons (Fsp3) is 0.273. The van der Waals surface area contributed by atoms with Crippen LogP contribution in [0.1, 0.15) is 33.5 Å². The van der Waals surface area contributed by atoms with E-state index >= 15 is 0 Å². The Labute approximate surface area is 167 Å². The van der Waals surface area contributed by atoms with Gasteiger partial charge in [0, 0.05) is 35.4 Å². The number of nitrogens with zero attached hydrogens (tertiary/aromatic N) is 2. The van der Waals surface area contributed by atoms with Crippen LogP contribution in [-0.4, -0.2) is 29.8 Å². The third kappa shape index (κ3) is 3.32. The van der Waals surface area contributed by atoms with Gasteiger partial charge in [-0.15, -0.1) is 0 Å². The van der Waals surface area contributed by atoms with Gasteiger partial charge >= 0.3 is 0 Å². The van der Waals surface area contributed by atoms with Crippen molar-refractivity contribution in [1.82, 2.24) is 4.90 Å². The maximum atomic E-state index is 13.3. The molecule has 0 radical (unpaired) electrons. The van der Waals surface area contributed by atoms with E-state index in [1.807, 2.05) is 29.2 Å². The van der Waals surface area contributed by atoms with Gasteiger partial charge in [-0.1, -0.05) is 34.6 Å². The average Bonchev–Trinajstić information content (AvgIpc) is 2.71. The Bertz CT molecular complexity index is 938. The Morgan fingerprint density at radius 1 is 1.07 bits per heavy atom. The molecule has 0 saturated heterocycles. The van der Waals surface area contributed by atoms with Crippen LogP contribution in [0, 0.1) is 0 Å². The van der Waals surface area contributed by atoms with E-state index in [0.717, 1.165) is 40.5 Å². The van der Waals surface area contributed by atoms with Gasteiger partial charge in [0.25, 0.3) is 5.91 Å². The van der Waals surface area contributed by atoms with Crippen molar-refractivity contribution in [2.45, 2.75) is 25.8 Å². The maximum Gasteiger partial charge on any atom is 0.254 e. The highest BCUT2D eigenvalue weighted by molar-refractivity contribution is 9.10. The topological polar surface area (TPSA) is 40.6 Å². The molecule has 4 nitrogen and oxygen atoms in total. The Morgan fingerprint density at radius 3 is 2.74 bits per heavy atom. The molecule has 5 heteroatoms. The first-order chi connectivity index (χ1) is 13.1. The normalized spacial score (nSPS) is 15.7. The van der Waals surface area contributed by atoms with Gasteiger partial charge in [0.15, 0.2) is 0 Å². The molecule has 0 atom stereocenters. The third-order valence-electron chi connectivity index (χ3n) is 5.39. The zero-order valence-electron chi connectivity index (χ0n) is 15.1. The smallest absolute Gasteiger partial charge is 0.254 e. The Kier molecular flexibility index (Phi) is 4.87. The van der Waals surface area contributed by atoms with E-state index in [1.54, 1.807) is 4.90 Å². The Hall–Kier alpha value is -2.40. The lowest BCUT2D eigenvalue weighted by Gasteiger charge is -2.33. The highest BCUT2D eigenvalue weighted by Gasteiger charge is 2.28. The number of halogens is 1. The minimum atomic E-state index is -0.113. The standard InChI is InChI=1S/C22H21BrN2O2/c1-2-21(26)25-11-4-6-18-19(5-3-7-20(18)25)22(27)24-12-10-15-13-17(23)9-8-16(15)14-24/h2-3,5,7-9,13H,1,4,6,10-12,14H2. The second-order valence-electron chi connectivity index (χ2n) is 6.99. The molecule has 0 spiro atoms. The summed E-state index contributed by atoms with van der Waals surface area (Å²) in [5.74, 6) is -0.0636. The van der Waals surface area contributed by atoms with Gasteiger partial charge in [-0.25, -0.2) is 0 Å². The molecule has 0 aliphatic carbocycles. The van der Waals surface area contributed by atoms with Gasteiger partial charge in [-0.3, -0.25) is 9.59 Å². The van der Waals surface area contributed by atoms with Gasteiger partial charge in [-0.2, -0.15) is 0 Å². The molecule has 0 fully saturated rings. The Morgan fingerprint density at radius 2 is 1.93 bits per heavy atom. The Balaban J connectivity index is 1.64. The second kappa shape index (κ2) is 7.31. The summed E-state index contributed by atoms with van der Waals surface area (Å²) < 4.78 is 1.07. The fourth-order valence-electron chi connectivity index (χ4n) is 4.03. The number of fused-ring (bicyclic) bond motifs is 2. The third-order valence-corrected chi connectivity index (χ3v) is 5.88. The van der Waals surface area contributed by atoms with Gasteiger partial charge in [0.2, 0.25) is 5.91 Å². The molecule has 2 amide bonds. The van der Waals surface area contributed by atoms with Crippen molar-refractivity contribution in [2.75, 3.05) is 18.0 Å². The predicted molar refractivity (Wildman–Crippen MR) is 110 cm³/mol. The molecule has 4 rings (SSSR count). The minimum Gasteiger partial charge on any atom is -0.334 e. The fourth-order valence-corrected chi connectivity index (χ4v) is 4.44. The largest absolute Gasteiger partial charge is 0.334 e. The molecule has 2 aliphatic rings. The zero-order valence-corrected chi connectivity index (χ0v) is 16.7. The van der Waals surface area contributed by atoms with E-state index in [0.29, 0.717) is 19.6 Å². The first-order valence-electron chi connectivity index (χ1n) is 9.21. The number of anilines is 1. The van der Waals surface area contributed by atoms with Crippen molar-refractivity contribution < 1.29 is 9.59 Å². The summed E-state index contributed by atoms with van der Waals surface area (Å²) >= 11 is 3.52. The molecular formula is C22H21BrN2O2. The summed E-state index contributed by atoms with van der Waals surface area (Å²) in [5.41, 5.74) is 5.04. The second-order valence-corrected chi connectivity index (χ2v) is 7.91. The molecule has 0 bridgehead atoms. The quantitative estimate of drug-likeness (QED) is 0.680.